The second-order valence-corrected chi connectivity index (χ2v) is 8.45. The Morgan fingerprint density at radius 2 is 1.60 bits per heavy atom. The average molecular weight is 362 g/mol. The van der Waals surface area contributed by atoms with Crippen LogP contribution in [-0.2, 0) is 10.0 Å². The first-order chi connectivity index (χ1) is 11.7. The molecular weight excluding hydrogens is 334 g/mol. The lowest BCUT2D eigenvalue weighted by atomic mass is 10.0. The van der Waals surface area contributed by atoms with Gasteiger partial charge in [-0.15, -0.1) is 0 Å². The van der Waals surface area contributed by atoms with E-state index in [9.17, 15) is 8.42 Å². The third kappa shape index (κ3) is 4.41. The van der Waals surface area contributed by atoms with Gasteiger partial charge in [-0.1, -0.05) is 43.7 Å². The maximum atomic E-state index is 12.9. The lowest BCUT2D eigenvalue weighted by Gasteiger charge is -2.19. The van der Waals surface area contributed by atoms with E-state index in [1.807, 2.05) is 52.0 Å². The average Bonchev–Trinajstić information content (AvgIpc) is 2.54. The van der Waals surface area contributed by atoms with Crippen molar-refractivity contribution in [3.63, 3.8) is 0 Å². The summed E-state index contributed by atoms with van der Waals surface area (Å²) < 4.78 is 34.0. The summed E-state index contributed by atoms with van der Waals surface area (Å²) in [5, 5.41) is 0. The number of nitrogens with one attached hydrogen (secondary N) is 1. The second kappa shape index (κ2) is 7.58. The van der Waals surface area contributed by atoms with Gasteiger partial charge in [0, 0.05) is 6.04 Å². The fraction of sp³-hybridized carbons (Fsp3) is 0.400. The van der Waals surface area contributed by atoms with E-state index >= 15 is 0 Å². The van der Waals surface area contributed by atoms with Crippen LogP contribution in [0.25, 0.3) is 0 Å². The number of hydrogen-bond acceptors (Lipinski definition) is 3. The quantitative estimate of drug-likeness (QED) is 0.825. The van der Waals surface area contributed by atoms with Gasteiger partial charge in [-0.2, -0.15) is 0 Å². The Hall–Kier alpha value is -1.85. The monoisotopic (exact) mass is 361 g/mol. The standard InChI is InChI=1S/C20H27NO3S/c1-13(2)18-12-20(15(4)11-19(18)24-6)25(22,23)21-16(5)17-9-7-14(3)8-10-17/h7-13,16,21H,1-6H3/t16-/m0/s1. The molecule has 0 bridgehead atoms. The summed E-state index contributed by atoms with van der Waals surface area (Å²) in [5.74, 6) is 0.886. The van der Waals surface area contributed by atoms with Crippen LogP contribution in [0.3, 0.4) is 0 Å². The van der Waals surface area contributed by atoms with Gasteiger partial charge < -0.3 is 4.74 Å². The van der Waals surface area contributed by atoms with E-state index in [2.05, 4.69) is 4.72 Å². The number of hydrogen-bond donors (Lipinski definition) is 1. The molecule has 0 fully saturated rings. The minimum absolute atomic E-state index is 0.166. The third-order valence-corrected chi connectivity index (χ3v) is 6.03. The maximum Gasteiger partial charge on any atom is 0.241 e. The number of aryl methyl sites for hydroxylation is 2. The molecule has 5 heteroatoms. The fourth-order valence-corrected chi connectivity index (χ4v) is 4.31. The van der Waals surface area contributed by atoms with Crippen LogP contribution in [-0.4, -0.2) is 15.5 Å². The highest BCUT2D eigenvalue weighted by atomic mass is 32.2. The molecule has 2 aromatic rings. The van der Waals surface area contributed by atoms with Crippen LogP contribution in [0.5, 0.6) is 5.75 Å². The van der Waals surface area contributed by atoms with Gasteiger partial charge in [0.2, 0.25) is 10.0 Å². The van der Waals surface area contributed by atoms with Gasteiger partial charge in [-0.25, -0.2) is 13.1 Å². The van der Waals surface area contributed by atoms with Crippen molar-refractivity contribution in [3.8, 4) is 5.75 Å². The van der Waals surface area contributed by atoms with Crippen molar-refractivity contribution in [2.45, 2.75) is 51.5 Å². The van der Waals surface area contributed by atoms with Crippen LogP contribution in [0.1, 0.15) is 55.0 Å². The molecule has 0 saturated heterocycles. The van der Waals surface area contributed by atoms with Crippen molar-refractivity contribution in [1.82, 2.24) is 4.72 Å². The highest BCUT2D eigenvalue weighted by Crippen LogP contribution is 2.32. The molecule has 2 aromatic carbocycles. The molecule has 0 amide bonds. The van der Waals surface area contributed by atoms with Crippen LogP contribution >= 0.6 is 0 Å². The molecule has 0 saturated carbocycles. The molecule has 0 spiro atoms. The number of benzene rings is 2. The molecule has 0 aliphatic heterocycles. The van der Waals surface area contributed by atoms with Gasteiger partial charge in [0.1, 0.15) is 5.75 Å². The van der Waals surface area contributed by atoms with Crippen LogP contribution in [0.15, 0.2) is 41.3 Å². The van der Waals surface area contributed by atoms with E-state index in [4.69, 9.17) is 4.74 Å². The molecular formula is C20H27NO3S. The lowest BCUT2D eigenvalue weighted by molar-refractivity contribution is 0.406. The summed E-state index contributed by atoms with van der Waals surface area (Å²) in [6.07, 6.45) is 0. The summed E-state index contributed by atoms with van der Waals surface area (Å²) in [7, 11) is -2.03. The topological polar surface area (TPSA) is 55.4 Å². The molecule has 0 radical (unpaired) electrons. The van der Waals surface area contributed by atoms with Gasteiger partial charge >= 0.3 is 0 Å². The SMILES string of the molecule is COc1cc(C)c(S(=O)(=O)N[C@@H](C)c2ccc(C)cc2)cc1C(C)C. The molecule has 25 heavy (non-hydrogen) atoms. The molecule has 1 N–H and O–H groups in total. The zero-order chi connectivity index (χ0) is 18.8. The van der Waals surface area contributed by atoms with Crippen molar-refractivity contribution >= 4 is 10.0 Å². The molecule has 0 aliphatic rings. The minimum Gasteiger partial charge on any atom is -0.496 e. The zero-order valence-electron chi connectivity index (χ0n) is 15.8. The normalized spacial score (nSPS) is 13.1. The Labute approximate surface area is 151 Å². The van der Waals surface area contributed by atoms with E-state index in [1.54, 1.807) is 26.2 Å². The van der Waals surface area contributed by atoms with Crippen molar-refractivity contribution in [2.75, 3.05) is 7.11 Å². The highest BCUT2D eigenvalue weighted by Gasteiger charge is 2.23. The lowest BCUT2D eigenvalue weighted by Crippen LogP contribution is -2.27. The Morgan fingerprint density at radius 1 is 1.00 bits per heavy atom. The maximum absolute atomic E-state index is 12.9. The van der Waals surface area contributed by atoms with Gasteiger partial charge in [-0.3, -0.25) is 0 Å². The van der Waals surface area contributed by atoms with E-state index in [1.165, 1.54) is 0 Å². The second-order valence-electron chi connectivity index (χ2n) is 6.77. The fourth-order valence-electron chi connectivity index (χ4n) is 2.81. The van der Waals surface area contributed by atoms with Crippen molar-refractivity contribution < 1.29 is 13.2 Å². The molecule has 4 nitrogen and oxygen atoms in total. The van der Waals surface area contributed by atoms with Crippen molar-refractivity contribution in [1.29, 1.82) is 0 Å². The van der Waals surface area contributed by atoms with Crippen LogP contribution in [0.2, 0.25) is 0 Å². The molecule has 0 aliphatic carbocycles. The van der Waals surface area contributed by atoms with Gasteiger partial charge in [-0.05, 0) is 55.5 Å². The van der Waals surface area contributed by atoms with E-state index in [-0.39, 0.29) is 12.0 Å². The van der Waals surface area contributed by atoms with Crippen molar-refractivity contribution in [2.24, 2.45) is 0 Å². The Balaban J connectivity index is 2.38. The summed E-state index contributed by atoms with van der Waals surface area (Å²) in [6.45, 7) is 9.69. The number of rotatable bonds is 6. The minimum atomic E-state index is -3.64. The Morgan fingerprint density at radius 3 is 2.12 bits per heavy atom. The van der Waals surface area contributed by atoms with E-state index < -0.39 is 10.0 Å². The Bertz CT molecular complexity index is 840. The number of ether oxygens (including phenoxy) is 1. The smallest absolute Gasteiger partial charge is 0.241 e. The van der Waals surface area contributed by atoms with Gasteiger partial charge in [0.15, 0.2) is 0 Å². The summed E-state index contributed by atoms with van der Waals surface area (Å²) in [6, 6.07) is 11.1. The predicted octanol–water partition coefficient (Wildman–Crippen LogP) is 4.47. The summed E-state index contributed by atoms with van der Waals surface area (Å²) >= 11 is 0. The summed E-state index contributed by atoms with van der Waals surface area (Å²) in [5.41, 5.74) is 3.64. The van der Waals surface area contributed by atoms with Crippen LogP contribution in [0, 0.1) is 13.8 Å². The zero-order valence-corrected chi connectivity index (χ0v) is 16.6. The molecule has 2 rings (SSSR count). The van der Waals surface area contributed by atoms with Crippen molar-refractivity contribution in [3.05, 3.63) is 58.7 Å². The first-order valence-corrected chi connectivity index (χ1v) is 9.91. The first-order valence-electron chi connectivity index (χ1n) is 8.43. The number of sulfonamides is 1. The van der Waals surface area contributed by atoms with E-state index in [0.29, 0.717) is 10.5 Å². The Kier molecular flexibility index (Phi) is 5.91. The predicted molar refractivity (Wildman–Crippen MR) is 102 cm³/mol. The largest absolute Gasteiger partial charge is 0.496 e. The van der Waals surface area contributed by atoms with Gasteiger partial charge in [0.05, 0.1) is 12.0 Å². The van der Waals surface area contributed by atoms with E-state index in [0.717, 1.165) is 22.4 Å². The molecule has 136 valence electrons. The molecule has 0 aromatic heterocycles. The molecule has 0 heterocycles. The molecule has 0 unspecified atom stereocenters. The molecule has 1 atom stereocenters. The van der Waals surface area contributed by atoms with Crippen LogP contribution in [0.4, 0.5) is 0 Å². The third-order valence-electron chi connectivity index (χ3n) is 4.35. The van der Waals surface area contributed by atoms with Crippen LogP contribution < -0.4 is 9.46 Å². The summed E-state index contributed by atoms with van der Waals surface area (Å²) in [4.78, 5) is 0.302. The van der Waals surface area contributed by atoms with Gasteiger partial charge in [0.25, 0.3) is 0 Å². The highest BCUT2D eigenvalue weighted by molar-refractivity contribution is 7.89. The number of methoxy groups -OCH3 is 1. The first kappa shape index (κ1) is 19.5.